The van der Waals surface area contributed by atoms with Gasteiger partial charge in [-0.3, -0.25) is 0 Å². The van der Waals surface area contributed by atoms with Crippen LogP contribution in [0.15, 0.2) is 45.3 Å². The van der Waals surface area contributed by atoms with E-state index in [1.54, 1.807) is 6.07 Å². The maximum Gasteiger partial charge on any atom is 0.349 e. The molecule has 0 unspecified atom stereocenters. The second-order valence-corrected chi connectivity index (χ2v) is 6.54. The van der Waals surface area contributed by atoms with E-state index in [4.69, 9.17) is 14.6 Å². The van der Waals surface area contributed by atoms with Crippen LogP contribution in [0.3, 0.4) is 0 Å². The number of ether oxygens (including phenoxy) is 2. The quantitative estimate of drug-likeness (QED) is 0.512. The molecular weight excluding hydrogens is 444 g/mol. The number of rotatable bonds is 6. The van der Waals surface area contributed by atoms with Gasteiger partial charge in [0, 0.05) is 0 Å². The Kier molecular flexibility index (Phi) is 6.39. The first-order chi connectivity index (χ1) is 11.4. The number of halogens is 2. The molecule has 1 N–H and O–H groups in total. The Balaban J connectivity index is 1.97. The third-order valence-corrected chi connectivity index (χ3v) is 4.39. The summed E-state index contributed by atoms with van der Waals surface area (Å²) in [7, 11) is 0. The number of hydrogen-bond donors (Lipinski definition) is 1. The van der Waals surface area contributed by atoms with Gasteiger partial charge in [0.1, 0.15) is 11.5 Å². The minimum absolute atomic E-state index is 0.0952. The molecular formula is C17H14Br2O5. The number of aryl methyl sites for hydroxylation is 1. The van der Waals surface area contributed by atoms with Gasteiger partial charge in [-0.15, -0.1) is 0 Å². The Morgan fingerprint density at radius 1 is 1.04 bits per heavy atom. The van der Waals surface area contributed by atoms with Crippen LogP contribution in [0.1, 0.15) is 22.8 Å². The standard InChI is InChI=1S/C17H14Br2O5/c1-2-10-3-5-14(12(18)7-10)23-9-16(20)24-15-6-4-11(17(21)22)8-13(15)19/h3-8H,2,9H2,1H3,(H,21,22). The number of carboxylic acid groups (broad SMARTS) is 1. The summed E-state index contributed by atoms with van der Waals surface area (Å²) in [6.45, 7) is 1.78. The Hall–Kier alpha value is -1.86. The molecule has 5 nitrogen and oxygen atoms in total. The van der Waals surface area contributed by atoms with E-state index in [9.17, 15) is 9.59 Å². The van der Waals surface area contributed by atoms with Crippen molar-refractivity contribution < 1.29 is 24.2 Å². The van der Waals surface area contributed by atoms with Gasteiger partial charge in [0.25, 0.3) is 0 Å². The lowest BCUT2D eigenvalue weighted by Gasteiger charge is -2.10. The lowest BCUT2D eigenvalue weighted by molar-refractivity contribution is -0.136. The van der Waals surface area contributed by atoms with Gasteiger partial charge >= 0.3 is 11.9 Å². The molecule has 7 heteroatoms. The molecule has 0 aromatic heterocycles. The molecule has 0 radical (unpaired) electrons. The molecule has 0 aliphatic rings. The van der Waals surface area contributed by atoms with Crippen LogP contribution in [0.25, 0.3) is 0 Å². The highest BCUT2D eigenvalue weighted by atomic mass is 79.9. The predicted molar refractivity (Wildman–Crippen MR) is 95.8 cm³/mol. The molecule has 0 amide bonds. The molecule has 0 saturated heterocycles. The monoisotopic (exact) mass is 456 g/mol. The van der Waals surface area contributed by atoms with Crippen LogP contribution >= 0.6 is 31.9 Å². The summed E-state index contributed by atoms with van der Waals surface area (Å²) < 4.78 is 11.8. The number of carboxylic acids is 1. The van der Waals surface area contributed by atoms with Crippen molar-refractivity contribution in [2.45, 2.75) is 13.3 Å². The molecule has 0 spiro atoms. The number of esters is 1. The lowest BCUT2D eigenvalue weighted by Crippen LogP contribution is -2.18. The molecule has 2 aromatic carbocycles. The average Bonchev–Trinajstić information content (AvgIpc) is 2.55. The van der Waals surface area contributed by atoms with Gasteiger partial charge in [-0.1, -0.05) is 13.0 Å². The molecule has 0 aliphatic heterocycles. The minimum atomic E-state index is -1.06. The third-order valence-electron chi connectivity index (χ3n) is 3.15. The van der Waals surface area contributed by atoms with Crippen molar-refractivity contribution in [3.05, 3.63) is 56.5 Å². The fourth-order valence-electron chi connectivity index (χ4n) is 1.89. The van der Waals surface area contributed by atoms with Crippen LogP contribution in [0, 0.1) is 0 Å². The van der Waals surface area contributed by atoms with E-state index in [-0.39, 0.29) is 17.9 Å². The van der Waals surface area contributed by atoms with E-state index in [0.29, 0.717) is 10.2 Å². The fourth-order valence-corrected chi connectivity index (χ4v) is 2.89. The Morgan fingerprint density at radius 2 is 1.71 bits per heavy atom. The summed E-state index contributed by atoms with van der Waals surface area (Å²) in [6.07, 6.45) is 0.904. The molecule has 0 aliphatic carbocycles. The van der Waals surface area contributed by atoms with Crippen molar-refractivity contribution in [3.63, 3.8) is 0 Å². The molecule has 0 saturated carbocycles. The Bertz CT molecular complexity index is 774. The summed E-state index contributed by atoms with van der Waals surface area (Å²) in [4.78, 5) is 22.8. The van der Waals surface area contributed by atoms with E-state index in [1.807, 2.05) is 19.1 Å². The molecule has 126 valence electrons. The molecule has 2 rings (SSSR count). The first kappa shape index (κ1) is 18.5. The van der Waals surface area contributed by atoms with Crippen molar-refractivity contribution >= 4 is 43.8 Å². The van der Waals surface area contributed by atoms with Gasteiger partial charge in [0.15, 0.2) is 6.61 Å². The first-order valence-corrected chi connectivity index (χ1v) is 8.64. The molecule has 2 aromatic rings. The summed E-state index contributed by atoms with van der Waals surface area (Å²) in [5, 5.41) is 8.90. The van der Waals surface area contributed by atoms with Crippen molar-refractivity contribution in [2.24, 2.45) is 0 Å². The summed E-state index contributed by atoms with van der Waals surface area (Å²) in [5.74, 6) is -0.874. The van der Waals surface area contributed by atoms with E-state index in [0.717, 1.165) is 16.5 Å². The van der Waals surface area contributed by atoms with Gasteiger partial charge in [-0.05, 0) is 74.2 Å². The number of hydrogen-bond acceptors (Lipinski definition) is 4. The molecule has 0 heterocycles. The van der Waals surface area contributed by atoms with Crippen LogP contribution in [0.2, 0.25) is 0 Å². The SMILES string of the molecule is CCc1ccc(OCC(=O)Oc2ccc(C(=O)O)cc2Br)c(Br)c1. The highest BCUT2D eigenvalue weighted by molar-refractivity contribution is 9.10. The van der Waals surface area contributed by atoms with Crippen LogP contribution in [-0.4, -0.2) is 23.7 Å². The summed E-state index contributed by atoms with van der Waals surface area (Å²) >= 11 is 6.58. The van der Waals surface area contributed by atoms with E-state index in [1.165, 1.54) is 18.2 Å². The number of carbonyl (C=O) groups excluding carboxylic acids is 1. The minimum Gasteiger partial charge on any atom is -0.481 e. The molecule has 0 bridgehead atoms. The largest absolute Gasteiger partial charge is 0.481 e. The summed E-state index contributed by atoms with van der Waals surface area (Å²) in [5.41, 5.74) is 1.25. The Morgan fingerprint density at radius 3 is 2.29 bits per heavy atom. The Labute approximate surface area is 155 Å². The van der Waals surface area contributed by atoms with Crippen molar-refractivity contribution in [3.8, 4) is 11.5 Å². The van der Waals surface area contributed by atoms with Crippen LogP contribution < -0.4 is 9.47 Å². The number of aromatic carboxylic acids is 1. The number of carbonyl (C=O) groups is 2. The van der Waals surface area contributed by atoms with Gasteiger partial charge < -0.3 is 14.6 Å². The molecule has 24 heavy (non-hydrogen) atoms. The maximum absolute atomic E-state index is 11.9. The topological polar surface area (TPSA) is 72.8 Å². The van der Waals surface area contributed by atoms with Gasteiger partial charge in [-0.2, -0.15) is 0 Å². The second kappa shape index (κ2) is 8.30. The van der Waals surface area contributed by atoms with Crippen molar-refractivity contribution in [1.82, 2.24) is 0 Å². The zero-order valence-corrected chi connectivity index (χ0v) is 15.9. The third kappa shape index (κ3) is 4.82. The van der Waals surface area contributed by atoms with Crippen LogP contribution in [0.5, 0.6) is 11.5 Å². The van der Waals surface area contributed by atoms with Crippen molar-refractivity contribution in [2.75, 3.05) is 6.61 Å². The summed E-state index contributed by atoms with van der Waals surface area (Å²) in [6, 6.07) is 9.78. The molecule has 0 fully saturated rings. The highest BCUT2D eigenvalue weighted by Crippen LogP contribution is 2.28. The van der Waals surface area contributed by atoms with Crippen LogP contribution in [-0.2, 0) is 11.2 Å². The zero-order valence-electron chi connectivity index (χ0n) is 12.7. The number of benzene rings is 2. The molecule has 0 atom stereocenters. The van der Waals surface area contributed by atoms with Gasteiger partial charge in [0.2, 0.25) is 0 Å². The average molecular weight is 458 g/mol. The highest BCUT2D eigenvalue weighted by Gasteiger charge is 2.12. The second-order valence-electron chi connectivity index (χ2n) is 4.83. The van der Waals surface area contributed by atoms with E-state index >= 15 is 0 Å². The first-order valence-electron chi connectivity index (χ1n) is 7.05. The van der Waals surface area contributed by atoms with Gasteiger partial charge in [0.05, 0.1) is 14.5 Å². The lowest BCUT2D eigenvalue weighted by atomic mass is 10.2. The smallest absolute Gasteiger partial charge is 0.349 e. The van der Waals surface area contributed by atoms with E-state index < -0.39 is 11.9 Å². The van der Waals surface area contributed by atoms with Crippen molar-refractivity contribution in [1.29, 1.82) is 0 Å². The van der Waals surface area contributed by atoms with Crippen LogP contribution in [0.4, 0.5) is 0 Å². The zero-order chi connectivity index (χ0) is 17.7. The maximum atomic E-state index is 11.9. The predicted octanol–water partition coefficient (Wildman–Crippen LogP) is 4.46. The van der Waals surface area contributed by atoms with E-state index in [2.05, 4.69) is 31.9 Å². The fraction of sp³-hybridized carbons (Fsp3) is 0.176. The normalized spacial score (nSPS) is 10.3. The van der Waals surface area contributed by atoms with Gasteiger partial charge in [-0.25, -0.2) is 9.59 Å².